The molecule has 0 aliphatic rings. The third-order valence-corrected chi connectivity index (χ3v) is 3.07. The Morgan fingerprint density at radius 2 is 1.56 bits per heavy atom. The van der Waals surface area contributed by atoms with Gasteiger partial charge in [0.15, 0.2) is 0 Å². The standard InChI is InChI=1S/C16H25FO/c1-11(2)9-16(18,10-12(3)4)14-6-13(5)7-15(17)8-14/h6-8,11-12,18H,9-10H2,1-5H3. The fraction of sp³-hybridized carbons (Fsp3) is 0.625. The van der Waals surface area contributed by atoms with E-state index >= 15 is 0 Å². The van der Waals surface area contributed by atoms with Gasteiger partial charge < -0.3 is 5.11 Å². The van der Waals surface area contributed by atoms with Crippen LogP contribution < -0.4 is 0 Å². The maximum Gasteiger partial charge on any atom is 0.123 e. The fourth-order valence-electron chi connectivity index (χ4n) is 2.67. The molecule has 0 saturated heterocycles. The second-order valence-electron chi connectivity index (χ2n) is 6.24. The van der Waals surface area contributed by atoms with Crippen LogP contribution in [-0.4, -0.2) is 5.11 Å². The zero-order valence-electron chi connectivity index (χ0n) is 12.1. The van der Waals surface area contributed by atoms with E-state index in [9.17, 15) is 9.50 Å². The van der Waals surface area contributed by atoms with Crippen LogP contribution in [0.2, 0.25) is 0 Å². The van der Waals surface area contributed by atoms with Crippen molar-refractivity contribution in [1.82, 2.24) is 0 Å². The molecule has 18 heavy (non-hydrogen) atoms. The van der Waals surface area contributed by atoms with E-state index in [-0.39, 0.29) is 5.82 Å². The van der Waals surface area contributed by atoms with Crippen LogP contribution in [0.25, 0.3) is 0 Å². The van der Waals surface area contributed by atoms with E-state index in [2.05, 4.69) is 27.7 Å². The van der Waals surface area contributed by atoms with Crippen molar-refractivity contribution in [3.8, 4) is 0 Å². The molecule has 0 aromatic heterocycles. The normalized spacial score (nSPS) is 12.5. The van der Waals surface area contributed by atoms with Gasteiger partial charge in [-0.05, 0) is 54.9 Å². The molecule has 0 amide bonds. The largest absolute Gasteiger partial charge is 0.385 e. The van der Waals surface area contributed by atoms with Crippen molar-refractivity contribution in [3.63, 3.8) is 0 Å². The maximum absolute atomic E-state index is 13.5. The molecule has 0 unspecified atom stereocenters. The number of rotatable bonds is 5. The predicted octanol–water partition coefficient (Wildman–Crippen LogP) is 4.41. The summed E-state index contributed by atoms with van der Waals surface area (Å²) >= 11 is 0. The van der Waals surface area contributed by atoms with E-state index in [1.807, 2.05) is 13.0 Å². The van der Waals surface area contributed by atoms with Crippen LogP contribution in [0, 0.1) is 24.6 Å². The Balaban J connectivity index is 3.15. The zero-order chi connectivity index (χ0) is 13.9. The van der Waals surface area contributed by atoms with Crippen LogP contribution >= 0.6 is 0 Å². The molecule has 0 aliphatic heterocycles. The summed E-state index contributed by atoms with van der Waals surface area (Å²) in [6.45, 7) is 10.2. The van der Waals surface area contributed by atoms with Gasteiger partial charge in [-0.3, -0.25) is 0 Å². The molecular formula is C16H25FO. The first-order valence-corrected chi connectivity index (χ1v) is 6.73. The summed E-state index contributed by atoms with van der Waals surface area (Å²) in [7, 11) is 0. The molecule has 1 rings (SSSR count). The van der Waals surface area contributed by atoms with Crippen molar-refractivity contribution in [2.75, 3.05) is 0 Å². The topological polar surface area (TPSA) is 20.2 Å². The highest BCUT2D eigenvalue weighted by Gasteiger charge is 2.31. The van der Waals surface area contributed by atoms with E-state index < -0.39 is 5.60 Å². The Hall–Kier alpha value is -0.890. The third-order valence-electron chi connectivity index (χ3n) is 3.07. The summed E-state index contributed by atoms with van der Waals surface area (Å²) in [5, 5.41) is 10.9. The lowest BCUT2D eigenvalue weighted by Gasteiger charge is -2.32. The molecule has 2 heteroatoms. The Morgan fingerprint density at radius 1 is 1.06 bits per heavy atom. The number of benzene rings is 1. The average Bonchev–Trinajstić information content (AvgIpc) is 2.12. The smallest absolute Gasteiger partial charge is 0.123 e. The maximum atomic E-state index is 13.5. The minimum Gasteiger partial charge on any atom is -0.385 e. The fourth-order valence-corrected chi connectivity index (χ4v) is 2.67. The molecule has 1 aromatic rings. The number of hydrogen-bond donors (Lipinski definition) is 1. The molecular weight excluding hydrogens is 227 g/mol. The molecule has 0 atom stereocenters. The Morgan fingerprint density at radius 3 is 1.94 bits per heavy atom. The van der Waals surface area contributed by atoms with E-state index in [4.69, 9.17) is 0 Å². The molecule has 1 aromatic carbocycles. The van der Waals surface area contributed by atoms with E-state index in [1.54, 1.807) is 0 Å². The van der Waals surface area contributed by atoms with Gasteiger partial charge in [0.05, 0.1) is 5.60 Å². The molecule has 0 radical (unpaired) electrons. The van der Waals surface area contributed by atoms with Crippen LogP contribution in [-0.2, 0) is 5.60 Å². The summed E-state index contributed by atoms with van der Waals surface area (Å²) in [5.41, 5.74) is 0.646. The van der Waals surface area contributed by atoms with Crippen molar-refractivity contribution >= 4 is 0 Å². The molecule has 0 spiro atoms. The minimum atomic E-state index is -0.921. The van der Waals surface area contributed by atoms with Gasteiger partial charge in [-0.2, -0.15) is 0 Å². The van der Waals surface area contributed by atoms with Crippen molar-refractivity contribution < 1.29 is 9.50 Å². The van der Waals surface area contributed by atoms with Gasteiger partial charge in [0.2, 0.25) is 0 Å². The molecule has 0 aliphatic carbocycles. The lowest BCUT2D eigenvalue weighted by molar-refractivity contribution is -0.00480. The first-order chi connectivity index (χ1) is 8.23. The van der Waals surface area contributed by atoms with Crippen molar-refractivity contribution in [1.29, 1.82) is 0 Å². The SMILES string of the molecule is Cc1cc(F)cc(C(O)(CC(C)C)CC(C)C)c1. The van der Waals surface area contributed by atoms with Crippen LogP contribution in [0.15, 0.2) is 18.2 Å². The van der Waals surface area contributed by atoms with E-state index in [0.29, 0.717) is 30.2 Å². The first kappa shape index (κ1) is 15.2. The lowest BCUT2D eigenvalue weighted by atomic mass is 9.79. The molecule has 0 bridgehead atoms. The predicted molar refractivity (Wildman–Crippen MR) is 73.9 cm³/mol. The Labute approximate surface area is 110 Å². The van der Waals surface area contributed by atoms with E-state index in [1.165, 1.54) is 12.1 Å². The van der Waals surface area contributed by atoms with Crippen molar-refractivity contribution in [3.05, 3.63) is 35.1 Å². The van der Waals surface area contributed by atoms with Crippen LogP contribution in [0.4, 0.5) is 4.39 Å². The van der Waals surface area contributed by atoms with Gasteiger partial charge in [-0.1, -0.05) is 33.8 Å². The van der Waals surface area contributed by atoms with Crippen LogP contribution in [0.5, 0.6) is 0 Å². The van der Waals surface area contributed by atoms with Crippen LogP contribution in [0.3, 0.4) is 0 Å². The van der Waals surface area contributed by atoms with Gasteiger partial charge in [-0.25, -0.2) is 4.39 Å². The summed E-state index contributed by atoms with van der Waals surface area (Å²) in [4.78, 5) is 0. The van der Waals surface area contributed by atoms with Gasteiger partial charge in [0.1, 0.15) is 5.82 Å². The quantitative estimate of drug-likeness (QED) is 0.822. The van der Waals surface area contributed by atoms with E-state index in [0.717, 1.165) is 5.56 Å². The number of aliphatic hydroxyl groups is 1. The van der Waals surface area contributed by atoms with Gasteiger partial charge in [0.25, 0.3) is 0 Å². The van der Waals surface area contributed by atoms with Gasteiger partial charge in [0, 0.05) is 0 Å². The average molecular weight is 252 g/mol. The molecule has 102 valence electrons. The Kier molecular flexibility index (Phi) is 4.92. The minimum absolute atomic E-state index is 0.268. The Bertz CT molecular complexity index is 366. The highest BCUT2D eigenvalue weighted by Crippen LogP contribution is 2.35. The monoisotopic (exact) mass is 252 g/mol. The summed E-state index contributed by atoms with van der Waals surface area (Å²) in [6, 6.07) is 4.86. The number of hydrogen-bond acceptors (Lipinski definition) is 1. The zero-order valence-corrected chi connectivity index (χ0v) is 12.1. The molecule has 1 N–H and O–H groups in total. The summed E-state index contributed by atoms with van der Waals surface area (Å²) in [5.74, 6) is 0.477. The molecule has 0 fully saturated rings. The molecule has 0 saturated carbocycles. The number of halogens is 1. The van der Waals surface area contributed by atoms with Crippen LogP contribution in [0.1, 0.15) is 51.7 Å². The highest BCUT2D eigenvalue weighted by molar-refractivity contribution is 5.28. The molecule has 0 heterocycles. The van der Waals surface area contributed by atoms with Crippen molar-refractivity contribution in [2.45, 2.75) is 53.1 Å². The second-order valence-corrected chi connectivity index (χ2v) is 6.24. The summed E-state index contributed by atoms with van der Waals surface area (Å²) < 4.78 is 13.5. The van der Waals surface area contributed by atoms with Gasteiger partial charge >= 0.3 is 0 Å². The first-order valence-electron chi connectivity index (χ1n) is 6.73. The lowest BCUT2D eigenvalue weighted by Crippen LogP contribution is -2.30. The third kappa shape index (κ3) is 4.09. The highest BCUT2D eigenvalue weighted by atomic mass is 19.1. The number of aryl methyl sites for hydroxylation is 1. The summed E-state index contributed by atoms with van der Waals surface area (Å²) in [6.07, 6.45) is 1.32. The van der Waals surface area contributed by atoms with Gasteiger partial charge in [-0.15, -0.1) is 0 Å². The van der Waals surface area contributed by atoms with Crippen molar-refractivity contribution in [2.24, 2.45) is 11.8 Å². The molecule has 1 nitrogen and oxygen atoms in total. The second kappa shape index (κ2) is 5.83.